The molecule has 5 nitrogen and oxygen atoms in total. The van der Waals surface area contributed by atoms with E-state index in [1.165, 1.54) is 0 Å². The van der Waals surface area contributed by atoms with E-state index in [1.54, 1.807) is 17.0 Å². The molecule has 1 saturated heterocycles. The van der Waals surface area contributed by atoms with Gasteiger partial charge < -0.3 is 14.4 Å². The van der Waals surface area contributed by atoms with E-state index in [0.29, 0.717) is 18.4 Å². The Kier molecular flexibility index (Phi) is 3.67. The molecule has 1 aliphatic rings. The summed E-state index contributed by atoms with van der Waals surface area (Å²) in [5.74, 6) is 0. The zero-order chi connectivity index (χ0) is 16.0. The Hall–Kier alpha value is -1.76. The highest BCUT2D eigenvalue weighted by Gasteiger charge is 2.26. The lowest BCUT2D eigenvalue weighted by atomic mass is 10.0. The number of hydrogen-bond acceptors (Lipinski definition) is 4. The Balaban J connectivity index is 1.98. The van der Waals surface area contributed by atoms with Crippen molar-refractivity contribution >= 4 is 37.6 Å². The van der Waals surface area contributed by atoms with Crippen molar-refractivity contribution in [3.05, 3.63) is 51.5 Å². The molecule has 0 aliphatic carbocycles. The number of hydrogen-bond donors (Lipinski definition) is 1. The Morgan fingerprint density at radius 2 is 2.17 bits per heavy atom. The largest absolute Gasteiger partial charge is 0.389 e. The van der Waals surface area contributed by atoms with Crippen LogP contribution >= 0.6 is 15.9 Å². The molecule has 0 saturated carbocycles. The maximum Gasteiger partial charge on any atom is 0.258 e. The quantitative estimate of drug-likeness (QED) is 0.665. The van der Waals surface area contributed by atoms with Gasteiger partial charge in [-0.15, -0.1) is 0 Å². The van der Waals surface area contributed by atoms with Crippen molar-refractivity contribution < 1.29 is 9.84 Å². The monoisotopic (exact) mass is 374 g/mol. The molecule has 6 heteroatoms. The number of nitrogens with zero attached hydrogens (tertiary/aromatic N) is 2. The van der Waals surface area contributed by atoms with Crippen molar-refractivity contribution in [3.8, 4) is 0 Å². The molecular weight excluding hydrogens is 360 g/mol. The highest BCUT2D eigenvalue weighted by atomic mass is 79.9. The number of halogens is 1. The van der Waals surface area contributed by atoms with Gasteiger partial charge in [-0.05, 0) is 24.6 Å². The van der Waals surface area contributed by atoms with E-state index in [-0.39, 0.29) is 18.2 Å². The smallest absolute Gasteiger partial charge is 0.258 e. The molecule has 0 bridgehead atoms. The second kappa shape index (κ2) is 5.70. The lowest BCUT2D eigenvalue weighted by Gasteiger charge is -2.29. The first-order valence-corrected chi connectivity index (χ1v) is 8.30. The van der Waals surface area contributed by atoms with Crippen LogP contribution in [0.5, 0.6) is 0 Å². The number of rotatable bonds is 1. The molecule has 2 aromatic heterocycles. The van der Waals surface area contributed by atoms with Gasteiger partial charge in [0, 0.05) is 34.2 Å². The first kappa shape index (κ1) is 14.8. The minimum Gasteiger partial charge on any atom is -0.389 e. The van der Waals surface area contributed by atoms with Gasteiger partial charge in [-0.3, -0.25) is 9.78 Å². The third-order valence-corrected chi connectivity index (χ3v) is 5.05. The predicted octanol–water partition coefficient (Wildman–Crippen LogP) is 2.63. The highest BCUT2D eigenvalue weighted by Crippen LogP contribution is 2.29. The molecule has 3 heterocycles. The fraction of sp³-hybridized carbons (Fsp3) is 0.294. The second-order valence-corrected chi connectivity index (χ2v) is 6.60. The number of aromatic nitrogens is 2. The van der Waals surface area contributed by atoms with Gasteiger partial charge in [0.2, 0.25) is 0 Å². The summed E-state index contributed by atoms with van der Waals surface area (Å²) in [5, 5.41) is 12.5. The Morgan fingerprint density at radius 3 is 3.00 bits per heavy atom. The van der Waals surface area contributed by atoms with Crippen molar-refractivity contribution in [2.24, 2.45) is 0 Å². The number of benzene rings is 1. The molecule has 0 radical (unpaired) electrons. The van der Waals surface area contributed by atoms with Crippen molar-refractivity contribution in [3.63, 3.8) is 0 Å². The fourth-order valence-corrected chi connectivity index (χ4v) is 3.78. The van der Waals surface area contributed by atoms with Gasteiger partial charge in [0.1, 0.15) is 0 Å². The van der Waals surface area contributed by atoms with Gasteiger partial charge >= 0.3 is 0 Å². The summed E-state index contributed by atoms with van der Waals surface area (Å²) in [7, 11) is 0. The van der Waals surface area contributed by atoms with Crippen LogP contribution in [0.4, 0.5) is 0 Å². The van der Waals surface area contributed by atoms with Crippen LogP contribution in [0.25, 0.3) is 21.7 Å². The van der Waals surface area contributed by atoms with E-state index in [4.69, 9.17) is 4.74 Å². The maximum absolute atomic E-state index is 12.9. The molecule has 0 amide bonds. The van der Waals surface area contributed by atoms with E-state index in [2.05, 4.69) is 20.9 Å². The Morgan fingerprint density at radius 1 is 1.30 bits per heavy atom. The van der Waals surface area contributed by atoms with Crippen molar-refractivity contribution in [2.75, 3.05) is 13.2 Å². The van der Waals surface area contributed by atoms with Crippen LogP contribution in [0.3, 0.4) is 0 Å². The van der Waals surface area contributed by atoms with Gasteiger partial charge in [-0.1, -0.05) is 22.0 Å². The van der Waals surface area contributed by atoms with E-state index in [0.717, 1.165) is 20.8 Å². The molecule has 1 aliphatic heterocycles. The summed E-state index contributed by atoms with van der Waals surface area (Å²) in [5.41, 5.74) is 0.690. The van der Waals surface area contributed by atoms with Gasteiger partial charge in [0.15, 0.2) is 0 Å². The zero-order valence-corrected chi connectivity index (χ0v) is 13.9. The van der Waals surface area contributed by atoms with Gasteiger partial charge in [-0.2, -0.15) is 0 Å². The second-order valence-electron chi connectivity index (χ2n) is 5.75. The maximum atomic E-state index is 12.9. The normalized spacial score (nSPS) is 21.8. The van der Waals surface area contributed by atoms with Crippen LogP contribution in [0, 0.1) is 0 Å². The highest BCUT2D eigenvalue weighted by molar-refractivity contribution is 9.10. The van der Waals surface area contributed by atoms with Gasteiger partial charge in [0.05, 0.1) is 29.7 Å². The first-order valence-electron chi connectivity index (χ1n) is 7.50. The lowest BCUT2D eigenvalue weighted by molar-refractivity contribution is -0.0392. The van der Waals surface area contributed by atoms with Crippen LogP contribution in [-0.2, 0) is 4.74 Å². The summed E-state index contributed by atoms with van der Waals surface area (Å²) in [6.07, 6.45) is 3.44. The summed E-state index contributed by atoms with van der Waals surface area (Å²) in [4.78, 5) is 17.4. The number of aliphatic hydroxyl groups excluding tert-OH is 1. The van der Waals surface area contributed by atoms with Gasteiger partial charge in [0.25, 0.3) is 5.56 Å². The molecule has 3 aromatic rings. The Bertz CT molecular complexity index is 954. The molecule has 4 rings (SSSR count). The summed E-state index contributed by atoms with van der Waals surface area (Å²) >= 11 is 3.53. The number of fused-ring (bicyclic) bond motifs is 3. The fourth-order valence-electron chi connectivity index (χ4n) is 3.23. The molecule has 1 aromatic carbocycles. The van der Waals surface area contributed by atoms with E-state index < -0.39 is 6.10 Å². The summed E-state index contributed by atoms with van der Waals surface area (Å²) in [6.45, 7) is 0.813. The molecule has 118 valence electrons. The zero-order valence-electron chi connectivity index (χ0n) is 12.3. The summed E-state index contributed by atoms with van der Waals surface area (Å²) in [6, 6.07) is 7.33. The van der Waals surface area contributed by atoms with Crippen LogP contribution in [0.2, 0.25) is 0 Å². The lowest BCUT2D eigenvalue weighted by Crippen LogP contribution is -2.38. The van der Waals surface area contributed by atoms with E-state index >= 15 is 0 Å². The molecule has 23 heavy (non-hydrogen) atoms. The molecule has 0 unspecified atom stereocenters. The van der Waals surface area contributed by atoms with Crippen molar-refractivity contribution in [1.82, 2.24) is 9.55 Å². The summed E-state index contributed by atoms with van der Waals surface area (Å²) < 4.78 is 7.72. The average molecular weight is 375 g/mol. The van der Waals surface area contributed by atoms with Crippen molar-refractivity contribution in [2.45, 2.75) is 18.6 Å². The van der Waals surface area contributed by atoms with Crippen LogP contribution in [-0.4, -0.2) is 34.0 Å². The average Bonchev–Trinajstić information content (AvgIpc) is 2.57. The molecule has 1 fully saturated rings. The molecule has 2 atom stereocenters. The topological polar surface area (TPSA) is 64.4 Å². The minimum atomic E-state index is -0.666. The van der Waals surface area contributed by atoms with Crippen molar-refractivity contribution in [1.29, 1.82) is 0 Å². The molecule has 0 spiro atoms. The molecular formula is C17H15BrN2O3. The van der Waals surface area contributed by atoms with E-state index in [9.17, 15) is 9.90 Å². The Labute approximate surface area is 140 Å². The third kappa shape index (κ3) is 2.38. The van der Waals surface area contributed by atoms with E-state index in [1.807, 2.05) is 24.3 Å². The standard InChI is InChI=1S/C17H15BrN2O3/c18-13-8-12-10(16-11(13)2-1-5-19-16)3-6-20(17(12)22)14-4-7-23-9-15(14)21/h1-3,5-6,8,14-15,21H,4,7,9H2/t14-,15-/m0/s1. The van der Waals surface area contributed by atoms with Crippen LogP contribution in [0.15, 0.2) is 45.9 Å². The SMILES string of the molecule is O=c1c2cc(Br)c3cccnc3c2ccn1[C@H]1CCOC[C@@H]1O. The van der Waals surface area contributed by atoms with Crippen LogP contribution < -0.4 is 5.56 Å². The first-order chi connectivity index (χ1) is 11.2. The number of aliphatic hydroxyl groups is 1. The van der Waals surface area contributed by atoms with Crippen LogP contribution in [0.1, 0.15) is 12.5 Å². The van der Waals surface area contributed by atoms with Gasteiger partial charge in [-0.25, -0.2) is 0 Å². The predicted molar refractivity (Wildman–Crippen MR) is 91.7 cm³/mol. The number of pyridine rings is 2. The minimum absolute atomic E-state index is 0.110. The third-order valence-electron chi connectivity index (χ3n) is 4.40. The molecule has 1 N–H and O–H groups in total. The number of ether oxygens (including phenoxy) is 1.